The molecule has 5 heteroatoms. The van der Waals surface area contributed by atoms with E-state index < -0.39 is 0 Å². The molecule has 1 aromatic rings. The monoisotopic (exact) mass is 266 g/mol. The molecule has 3 rings (SSSR count). The molecule has 1 aromatic carbocycles. The normalized spacial score (nSPS) is 24.6. The average Bonchev–Trinajstić information content (AvgIpc) is 2.42. The van der Waals surface area contributed by atoms with Crippen LogP contribution in [-0.2, 0) is 4.79 Å². The topological polar surface area (TPSA) is 32.8 Å². The van der Waals surface area contributed by atoms with Crippen LogP contribution in [0.25, 0.3) is 0 Å². The van der Waals surface area contributed by atoms with E-state index in [0.717, 1.165) is 24.3 Å². The second-order valence-electron chi connectivity index (χ2n) is 4.59. The van der Waals surface area contributed by atoms with E-state index in [1.807, 2.05) is 24.3 Å². The number of carbonyl (C=O) groups is 1. The highest BCUT2D eigenvalue weighted by Crippen LogP contribution is 2.33. The number of piperazine rings is 1. The van der Waals surface area contributed by atoms with Gasteiger partial charge in [-0.3, -0.25) is 4.79 Å². The third-order valence-corrected chi connectivity index (χ3v) is 3.87. The molecule has 0 aliphatic carbocycles. The Labute approximate surface area is 111 Å². The van der Waals surface area contributed by atoms with Crippen LogP contribution in [-0.4, -0.2) is 36.1 Å². The Balaban J connectivity index is 2.02. The fourth-order valence-electron chi connectivity index (χ4n) is 2.53. The van der Waals surface area contributed by atoms with E-state index in [-0.39, 0.29) is 11.9 Å². The van der Waals surface area contributed by atoms with Gasteiger partial charge in [0.25, 0.3) is 0 Å². The number of ether oxygens (including phenoxy) is 1. The maximum absolute atomic E-state index is 12.5. The van der Waals surface area contributed by atoms with Crippen LogP contribution in [0, 0.1) is 0 Å². The van der Waals surface area contributed by atoms with Crippen LogP contribution in [0.5, 0.6) is 5.75 Å². The van der Waals surface area contributed by atoms with E-state index >= 15 is 0 Å². The zero-order valence-electron chi connectivity index (χ0n) is 10.0. The molecule has 0 radical (unpaired) electrons. The molecule has 1 unspecified atom stereocenters. The Morgan fingerprint density at radius 3 is 3.00 bits per heavy atom. The molecule has 96 valence electrons. The number of hydrogen-bond acceptors (Lipinski definition) is 3. The van der Waals surface area contributed by atoms with E-state index in [2.05, 4.69) is 0 Å². The zero-order valence-corrected chi connectivity index (χ0v) is 10.8. The quantitative estimate of drug-likeness (QED) is 0.674. The summed E-state index contributed by atoms with van der Waals surface area (Å²) < 4.78 is 7.38. The van der Waals surface area contributed by atoms with Gasteiger partial charge in [0.15, 0.2) is 0 Å². The lowest BCUT2D eigenvalue weighted by Gasteiger charge is -2.36. The number of carbonyl (C=O) groups excluding carboxylic acids is 1. The number of anilines is 1. The Hall–Kier alpha value is -1.26. The third kappa shape index (κ3) is 1.95. The van der Waals surface area contributed by atoms with Gasteiger partial charge < -0.3 is 9.64 Å². The number of rotatable bonds is 0. The maximum atomic E-state index is 12.5. The van der Waals surface area contributed by atoms with Crippen LogP contribution in [0.1, 0.15) is 12.8 Å². The van der Waals surface area contributed by atoms with E-state index in [9.17, 15) is 4.79 Å². The van der Waals surface area contributed by atoms with Crippen LogP contribution in [0.2, 0.25) is 0 Å². The molecule has 2 heterocycles. The molecular formula is C13H15ClN2O2. The summed E-state index contributed by atoms with van der Waals surface area (Å²) in [5, 5.41) is 0. The first-order chi connectivity index (χ1) is 8.77. The van der Waals surface area contributed by atoms with Crippen molar-refractivity contribution in [3.05, 3.63) is 24.3 Å². The van der Waals surface area contributed by atoms with Gasteiger partial charge in [0.05, 0.1) is 12.3 Å². The highest BCUT2D eigenvalue weighted by molar-refractivity contribution is 6.16. The summed E-state index contributed by atoms with van der Waals surface area (Å²) in [7, 11) is 0. The number of hydrogen-bond donors (Lipinski definition) is 0. The van der Waals surface area contributed by atoms with Crippen molar-refractivity contribution >= 4 is 23.4 Å². The highest BCUT2D eigenvalue weighted by atomic mass is 35.5. The first-order valence-corrected chi connectivity index (χ1v) is 6.57. The van der Waals surface area contributed by atoms with Gasteiger partial charge in [-0.15, -0.1) is 0 Å². The van der Waals surface area contributed by atoms with Crippen molar-refractivity contribution in [1.82, 2.24) is 4.42 Å². The van der Waals surface area contributed by atoms with Crippen molar-refractivity contribution in [2.24, 2.45) is 0 Å². The van der Waals surface area contributed by atoms with E-state index in [0.29, 0.717) is 19.7 Å². The molecule has 4 nitrogen and oxygen atoms in total. The molecule has 2 aliphatic rings. The lowest BCUT2D eigenvalue weighted by atomic mass is 10.1. The fraction of sp³-hybridized carbons (Fsp3) is 0.462. The molecular weight excluding hydrogens is 252 g/mol. The number of benzene rings is 1. The van der Waals surface area contributed by atoms with Crippen LogP contribution in [0.15, 0.2) is 24.3 Å². The summed E-state index contributed by atoms with van der Waals surface area (Å²) in [6.45, 7) is 1.92. The minimum Gasteiger partial charge on any atom is -0.491 e. The molecule has 0 N–H and O–H groups in total. The lowest BCUT2D eigenvalue weighted by Crippen LogP contribution is -2.53. The number of halogens is 1. The molecule has 0 spiro atoms. The first-order valence-electron chi connectivity index (χ1n) is 6.23. The molecule has 2 aliphatic heterocycles. The summed E-state index contributed by atoms with van der Waals surface area (Å²) in [5.74, 6) is 0.865. The number of para-hydroxylation sites is 2. The number of nitrogens with zero attached hydrogens (tertiary/aromatic N) is 2. The second-order valence-corrected chi connectivity index (χ2v) is 5.02. The van der Waals surface area contributed by atoms with Gasteiger partial charge in [-0.2, -0.15) is 0 Å². The van der Waals surface area contributed by atoms with Crippen molar-refractivity contribution < 1.29 is 9.53 Å². The molecule has 1 fully saturated rings. The number of fused-ring (bicyclic) bond motifs is 4. The van der Waals surface area contributed by atoms with Crippen molar-refractivity contribution in [3.8, 4) is 5.75 Å². The minimum atomic E-state index is -0.227. The van der Waals surface area contributed by atoms with Gasteiger partial charge in [-0.05, 0) is 36.8 Å². The fourth-order valence-corrected chi connectivity index (χ4v) is 2.78. The zero-order chi connectivity index (χ0) is 12.5. The van der Waals surface area contributed by atoms with E-state index in [4.69, 9.17) is 16.5 Å². The summed E-state index contributed by atoms with van der Waals surface area (Å²) in [5.41, 5.74) is 0.860. The van der Waals surface area contributed by atoms with Gasteiger partial charge >= 0.3 is 0 Å². The van der Waals surface area contributed by atoms with E-state index in [1.54, 1.807) is 9.32 Å². The summed E-state index contributed by atoms with van der Waals surface area (Å²) >= 11 is 6.13. The van der Waals surface area contributed by atoms with Gasteiger partial charge in [0, 0.05) is 13.1 Å². The number of amides is 1. The third-order valence-electron chi connectivity index (χ3n) is 3.46. The van der Waals surface area contributed by atoms with Crippen molar-refractivity contribution in [2.45, 2.75) is 18.9 Å². The van der Waals surface area contributed by atoms with Crippen LogP contribution in [0.3, 0.4) is 0 Å². The predicted octanol–water partition coefficient (Wildman–Crippen LogP) is 2.03. The minimum absolute atomic E-state index is 0.0780. The highest BCUT2D eigenvalue weighted by Gasteiger charge is 2.36. The average molecular weight is 267 g/mol. The standard InChI is InChI=1S/C13H15ClN2O2/c14-16-8-7-15-10-4-1-2-6-12(10)18-9-3-5-11(16)13(15)17/h1-2,4,6,11H,3,5,7-9H2. The van der Waals surface area contributed by atoms with E-state index in [1.165, 1.54) is 0 Å². The predicted molar refractivity (Wildman–Crippen MR) is 69.9 cm³/mol. The summed E-state index contributed by atoms with van der Waals surface area (Å²) in [6.07, 6.45) is 1.58. The van der Waals surface area contributed by atoms with Crippen LogP contribution in [0.4, 0.5) is 5.69 Å². The van der Waals surface area contributed by atoms with Crippen molar-refractivity contribution in [3.63, 3.8) is 0 Å². The van der Waals surface area contributed by atoms with Crippen molar-refractivity contribution in [2.75, 3.05) is 24.6 Å². The Bertz CT molecular complexity index is 466. The van der Waals surface area contributed by atoms with Gasteiger partial charge in [-0.25, -0.2) is 4.42 Å². The molecule has 1 amide bonds. The molecule has 0 saturated carbocycles. The lowest BCUT2D eigenvalue weighted by molar-refractivity contribution is -0.124. The Kier molecular flexibility index (Phi) is 3.14. The SMILES string of the molecule is O=C1C2CCCOc3ccccc3N1CCN2Cl. The maximum Gasteiger partial charge on any atom is 0.245 e. The molecule has 18 heavy (non-hydrogen) atoms. The van der Waals surface area contributed by atoms with Crippen LogP contribution >= 0.6 is 11.8 Å². The molecule has 1 atom stereocenters. The molecule has 2 bridgehead atoms. The van der Waals surface area contributed by atoms with Crippen LogP contribution < -0.4 is 9.64 Å². The molecule has 0 aromatic heterocycles. The first kappa shape index (κ1) is 11.8. The Morgan fingerprint density at radius 1 is 1.28 bits per heavy atom. The van der Waals surface area contributed by atoms with Gasteiger partial charge in [0.1, 0.15) is 11.8 Å². The van der Waals surface area contributed by atoms with Gasteiger partial charge in [0.2, 0.25) is 5.91 Å². The van der Waals surface area contributed by atoms with Gasteiger partial charge in [-0.1, -0.05) is 12.1 Å². The Morgan fingerprint density at radius 2 is 2.11 bits per heavy atom. The summed E-state index contributed by atoms with van der Waals surface area (Å²) in [4.78, 5) is 14.2. The largest absolute Gasteiger partial charge is 0.491 e. The van der Waals surface area contributed by atoms with Crippen molar-refractivity contribution in [1.29, 1.82) is 0 Å². The summed E-state index contributed by atoms with van der Waals surface area (Å²) in [6, 6.07) is 7.47. The molecule has 1 saturated heterocycles. The second kappa shape index (κ2) is 4.78. The smallest absolute Gasteiger partial charge is 0.245 e.